The molecule has 6 nitrogen and oxygen atoms in total. The predicted octanol–water partition coefficient (Wildman–Crippen LogP) is 1.58. The zero-order chi connectivity index (χ0) is 14.6. The molecular formula is C14H22N2O4. The van der Waals surface area contributed by atoms with Crippen molar-refractivity contribution < 1.29 is 19.1 Å². The van der Waals surface area contributed by atoms with Gasteiger partial charge in [0.05, 0.1) is 13.5 Å². The fourth-order valence-electron chi connectivity index (χ4n) is 3.03. The molecule has 1 aliphatic carbocycles. The second kappa shape index (κ2) is 6.24. The van der Waals surface area contributed by atoms with E-state index < -0.39 is 11.5 Å². The average molecular weight is 282 g/mol. The minimum Gasteiger partial charge on any atom is -0.469 e. The lowest BCUT2D eigenvalue weighted by Gasteiger charge is -2.28. The van der Waals surface area contributed by atoms with Crippen LogP contribution in [0.3, 0.4) is 0 Å². The first kappa shape index (κ1) is 14.8. The SMILES string of the molecule is COC(=O)CCN1C(=O)NC2(CCCCCCC2)C1=O. The van der Waals surface area contributed by atoms with Crippen LogP contribution in [0.2, 0.25) is 0 Å². The summed E-state index contributed by atoms with van der Waals surface area (Å²) < 4.78 is 4.55. The predicted molar refractivity (Wildman–Crippen MR) is 71.9 cm³/mol. The quantitative estimate of drug-likeness (QED) is 0.630. The van der Waals surface area contributed by atoms with E-state index in [4.69, 9.17) is 0 Å². The van der Waals surface area contributed by atoms with Crippen LogP contribution in [-0.2, 0) is 14.3 Å². The first-order valence-corrected chi connectivity index (χ1v) is 7.30. The Bertz CT molecular complexity index is 400. The van der Waals surface area contributed by atoms with Gasteiger partial charge in [-0.1, -0.05) is 32.1 Å². The summed E-state index contributed by atoms with van der Waals surface area (Å²) in [6.45, 7) is 0.0963. The second-order valence-electron chi connectivity index (χ2n) is 5.56. The van der Waals surface area contributed by atoms with Crippen LogP contribution in [0.25, 0.3) is 0 Å². The van der Waals surface area contributed by atoms with Gasteiger partial charge < -0.3 is 10.1 Å². The molecule has 0 atom stereocenters. The molecule has 1 N–H and O–H groups in total. The van der Waals surface area contributed by atoms with Crippen molar-refractivity contribution in [3.05, 3.63) is 0 Å². The Morgan fingerprint density at radius 1 is 1.20 bits per heavy atom. The molecule has 6 heteroatoms. The van der Waals surface area contributed by atoms with E-state index in [0.29, 0.717) is 12.8 Å². The summed E-state index contributed by atoms with van der Waals surface area (Å²) in [4.78, 5) is 36.9. The molecule has 2 aliphatic rings. The average Bonchev–Trinajstić information content (AvgIpc) is 2.64. The van der Waals surface area contributed by atoms with Crippen molar-refractivity contribution in [1.29, 1.82) is 0 Å². The molecule has 20 heavy (non-hydrogen) atoms. The van der Waals surface area contributed by atoms with Crippen LogP contribution in [0.4, 0.5) is 4.79 Å². The number of nitrogens with one attached hydrogen (secondary N) is 1. The van der Waals surface area contributed by atoms with Crippen molar-refractivity contribution in [1.82, 2.24) is 10.2 Å². The van der Waals surface area contributed by atoms with Crippen molar-refractivity contribution in [3.63, 3.8) is 0 Å². The molecule has 0 aromatic heterocycles. The van der Waals surface area contributed by atoms with E-state index in [1.54, 1.807) is 0 Å². The minimum absolute atomic E-state index is 0.0474. The number of imide groups is 1. The second-order valence-corrected chi connectivity index (χ2v) is 5.56. The third-order valence-electron chi connectivity index (χ3n) is 4.22. The zero-order valence-electron chi connectivity index (χ0n) is 11.9. The number of ether oxygens (including phenoxy) is 1. The number of hydrogen-bond acceptors (Lipinski definition) is 4. The number of urea groups is 1. The lowest BCUT2D eigenvalue weighted by Crippen LogP contribution is -2.47. The molecule has 0 aromatic carbocycles. The number of rotatable bonds is 3. The van der Waals surface area contributed by atoms with E-state index in [0.717, 1.165) is 25.7 Å². The number of amides is 3. The highest BCUT2D eigenvalue weighted by atomic mass is 16.5. The molecule has 0 aromatic rings. The van der Waals surface area contributed by atoms with Gasteiger partial charge in [-0.05, 0) is 12.8 Å². The van der Waals surface area contributed by atoms with Crippen LogP contribution in [0.5, 0.6) is 0 Å². The van der Waals surface area contributed by atoms with Crippen molar-refractivity contribution in [3.8, 4) is 0 Å². The molecule has 1 heterocycles. The van der Waals surface area contributed by atoms with Gasteiger partial charge in [0.15, 0.2) is 0 Å². The Balaban J connectivity index is 2.04. The number of methoxy groups -OCH3 is 1. The van der Waals surface area contributed by atoms with Crippen molar-refractivity contribution >= 4 is 17.9 Å². The molecule has 1 saturated heterocycles. The van der Waals surface area contributed by atoms with E-state index in [2.05, 4.69) is 10.1 Å². The van der Waals surface area contributed by atoms with Gasteiger partial charge in [-0.25, -0.2) is 4.79 Å². The normalized spacial score (nSPS) is 22.4. The number of carbonyl (C=O) groups excluding carboxylic acids is 3. The lowest BCUT2D eigenvalue weighted by molar-refractivity contribution is -0.141. The maximum atomic E-state index is 12.5. The molecular weight excluding hydrogens is 260 g/mol. The Hall–Kier alpha value is -1.59. The van der Waals surface area contributed by atoms with Gasteiger partial charge in [-0.2, -0.15) is 0 Å². The van der Waals surface area contributed by atoms with Crippen LogP contribution in [0.1, 0.15) is 51.4 Å². The number of nitrogens with zero attached hydrogens (tertiary/aromatic N) is 1. The third kappa shape index (κ3) is 2.94. The highest BCUT2D eigenvalue weighted by Gasteiger charge is 2.50. The van der Waals surface area contributed by atoms with Crippen molar-refractivity contribution in [2.24, 2.45) is 0 Å². The minimum atomic E-state index is -0.729. The monoisotopic (exact) mass is 282 g/mol. The van der Waals surface area contributed by atoms with Gasteiger partial charge in [0.25, 0.3) is 5.91 Å². The van der Waals surface area contributed by atoms with E-state index in [1.807, 2.05) is 0 Å². The molecule has 1 aliphatic heterocycles. The van der Waals surface area contributed by atoms with Gasteiger partial charge >= 0.3 is 12.0 Å². The van der Waals surface area contributed by atoms with E-state index >= 15 is 0 Å². The highest BCUT2D eigenvalue weighted by molar-refractivity contribution is 6.07. The lowest BCUT2D eigenvalue weighted by atomic mass is 9.84. The van der Waals surface area contributed by atoms with Crippen LogP contribution >= 0.6 is 0 Å². The summed E-state index contributed by atoms with van der Waals surface area (Å²) in [6, 6.07) is -0.375. The standard InChI is InChI=1S/C14H22N2O4/c1-20-11(17)7-10-16-12(18)14(15-13(16)19)8-5-3-2-4-6-9-14/h2-10H2,1H3,(H,15,19). The van der Waals surface area contributed by atoms with E-state index in [9.17, 15) is 14.4 Å². The molecule has 2 fully saturated rings. The largest absolute Gasteiger partial charge is 0.469 e. The van der Waals surface area contributed by atoms with E-state index in [1.165, 1.54) is 18.4 Å². The molecule has 112 valence electrons. The fourth-order valence-corrected chi connectivity index (χ4v) is 3.03. The molecule has 1 spiro atoms. The first-order valence-electron chi connectivity index (χ1n) is 7.30. The summed E-state index contributed by atoms with van der Waals surface area (Å²) in [5, 5.41) is 2.86. The fraction of sp³-hybridized carbons (Fsp3) is 0.786. The third-order valence-corrected chi connectivity index (χ3v) is 4.22. The first-order chi connectivity index (χ1) is 9.59. The molecule has 2 rings (SSSR count). The number of carbonyl (C=O) groups is 3. The molecule has 0 radical (unpaired) electrons. The van der Waals surface area contributed by atoms with Gasteiger partial charge in [0, 0.05) is 6.54 Å². The summed E-state index contributed by atoms with van der Waals surface area (Å²) in [5.74, 6) is -0.586. The number of hydrogen-bond donors (Lipinski definition) is 1. The number of esters is 1. The summed E-state index contributed by atoms with van der Waals surface area (Å²) in [7, 11) is 1.30. The maximum Gasteiger partial charge on any atom is 0.325 e. The van der Waals surface area contributed by atoms with Gasteiger partial charge in [0.1, 0.15) is 5.54 Å². The molecule has 0 unspecified atom stereocenters. The molecule has 1 saturated carbocycles. The topological polar surface area (TPSA) is 75.7 Å². The maximum absolute atomic E-state index is 12.5. The molecule has 3 amide bonds. The summed E-state index contributed by atoms with van der Waals surface area (Å²) in [5.41, 5.74) is -0.729. The summed E-state index contributed by atoms with van der Waals surface area (Å²) in [6.07, 6.45) is 6.77. The van der Waals surface area contributed by atoms with Crippen LogP contribution in [0.15, 0.2) is 0 Å². The van der Waals surface area contributed by atoms with E-state index in [-0.39, 0.29) is 24.9 Å². The molecule has 0 bridgehead atoms. The van der Waals surface area contributed by atoms with Gasteiger partial charge in [-0.3, -0.25) is 14.5 Å². The summed E-state index contributed by atoms with van der Waals surface area (Å²) >= 11 is 0. The van der Waals surface area contributed by atoms with Crippen molar-refractivity contribution in [2.75, 3.05) is 13.7 Å². The Morgan fingerprint density at radius 2 is 1.80 bits per heavy atom. The van der Waals surface area contributed by atoms with Crippen LogP contribution in [-0.4, -0.2) is 42.0 Å². The van der Waals surface area contributed by atoms with Crippen LogP contribution in [0, 0.1) is 0 Å². The highest BCUT2D eigenvalue weighted by Crippen LogP contribution is 2.32. The van der Waals surface area contributed by atoms with Crippen LogP contribution < -0.4 is 5.32 Å². The van der Waals surface area contributed by atoms with Crippen molar-refractivity contribution in [2.45, 2.75) is 56.9 Å². The zero-order valence-corrected chi connectivity index (χ0v) is 11.9. The Labute approximate surface area is 118 Å². The Kier molecular flexibility index (Phi) is 4.62. The Morgan fingerprint density at radius 3 is 2.40 bits per heavy atom. The smallest absolute Gasteiger partial charge is 0.325 e. The van der Waals surface area contributed by atoms with Gasteiger partial charge in [-0.15, -0.1) is 0 Å². The van der Waals surface area contributed by atoms with Gasteiger partial charge in [0.2, 0.25) is 0 Å².